The molecule has 1 aliphatic rings. The third-order valence-electron chi connectivity index (χ3n) is 3.72. The van der Waals surface area contributed by atoms with Gasteiger partial charge in [-0.15, -0.1) is 0 Å². The maximum absolute atomic E-state index is 12.9. The lowest BCUT2D eigenvalue weighted by Crippen LogP contribution is -2.09. The van der Waals surface area contributed by atoms with Gasteiger partial charge in [0.15, 0.2) is 0 Å². The molecule has 1 saturated carbocycles. The van der Waals surface area contributed by atoms with E-state index < -0.39 is 0 Å². The van der Waals surface area contributed by atoms with E-state index in [-0.39, 0.29) is 5.82 Å². The SMILES string of the molecule is CNc1nc(C2CC2)nc(NCc2ccc(F)cc2)c1C. The van der Waals surface area contributed by atoms with Crippen LogP contribution in [0.1, 0.15) is 35.7 Å². The van der Waals surface area contributed by atoms with Crippen molar-refractivity contribution < 1.29 is 4.39 Å². The molecule has 21 heavy (non-hydrogen) atoms. The molecule has 2 aromatic rings. The summed E-state index contributed by atoms with van der Waals surface area (Å²) in [5, 5.41) is 6.46. The molecule has 1 heterocycles. The highest BCUT2D eigenvalue weighted by Crippen LogP contribution is 2.39. The second-order valence-corrected chi connectivity index (χ2v) is 5.41. The van der Waals surface area contributed by atoms with E-state index in [1.807, 2.05) is 14.0 Å². The van der Waals surface area contributed by atoms with Crippen LogP contribution in [-0.4, -0.2) is 17.0 Å². The predicted molar refractivity (Wildman–Crippen MR) is 82.0 cm³/mol. The van der Waals surface area contributed by atoms with Crippen molar-refractivity contribution >= 4 is 11.6 Å². The fraction of sp³-hybridized carbons (Fsp3) is 0.375. The average Bonchev–Trinajstić information content (AvgIpc) is 3.32. The standard InChI is InChI=1S/C16H19FN4/c1-10-14(18-2)20-16(12-5-6-12)21-15(10)19-9-11-3-7-13(17)8-4-11/h3-4,7-8,12H,5-6,9H2,1-2H3,(H2,18,19,20,21). The zero-order chi connectivity index (χ0) is 14.8. The molecule has 5 heteroatoms. The Bertz CT molecular complexity index is 635. The van der Waals surface area contributed by atoms with E-state index in [2.05, 4.69) is 20.6 Å². The monoisotopic (exact) mass is 286 g/mol. The highest BCUT2D eigenvalue weighted by atomic mass is 19.1. The molecule has 0 bridgehead atoms. The summed E-state index contributed by atoms with van der Waals surface area (Å²) >= 11 is 0. The highest BCUT2D eigenvalue weighted by Gasteiger charge is 2.28. The minimum absolute atomic E-state index is 0.217. The molecular formula is C16H19FN4. The minimum Gasteiger partial charge on any atom is -0.373 e. The lowest BCUT2D eigenvalue weighted by molar-refractivity contribution is 0.627. The first-order chi connectivity index (χ1) is 10.2. The van der Waals surface area contributed by atoms with Crippen LogP contribution in [0.25, 0.3) is 0 Å². The normalized spacial score (nSPS) is 14.0. The van der Waals surface area contributed by atoms with E-state index in [0.29, 0.717) is 12.5 Å². The second kappa shape index (κ2) is 5.68. The van der Waals surface area contributed by atoms with Crippen molar-refractivity contribution in [1.29, 1.82) is 0 Å². The predicted octanol–water partition coefficient (Wildman–Crippen LogP) is 3.46. The Kier molecular flexibility index (Phi) is 3.73. The Morgan fingerprint density at radius 3 is 2.43 bits per heavy atom. The summed E-state index contributed by atoms with van der Waals surface area (Å²) in [5.74, 6) is 2.91. The molecule has 1 aromatic heterocycles. The molecule has 0 atom stereocenters. The number of aromatic nitrogens is 2. The number of anilines is 2. The van der Waals surface area contributed by atoms with Gasteiger partial charge in [0.1, 0.15) is 23.3 Å². The van der Waals surface area contributed by atoms with Gasteiger partial charge < -0.3 is 10.6 Å². The van der Waals surface area contributed by atoms with Crippen molar-refractivity contribution in [2.45, 2.75) is 32.2 Å². The Morgan fingerprint density at radius 1 is 1.14 bits per heavy atom. The highest BCUT2D eigenvalue weighted by molar-refractivity contribution is 5.57. The van der Waals surface area contributed by atoms with Gasteiger partial charge in [-0.3, -0.25) is 0 Å². The molecule has 1 fully saturated rings. The molecule has 1 aromatic carbocycles. The van der Waals surface area contributed by atoms with Crippen LogP contribution in [0.15, 0.2) is 24.3 Å². The first-order valence-electron chi connectivity index (χ1n) is 7.22. The van der Waals surface area contributed by atoms with E-state index in [1.54, 1.807) is 12.1 Å². The van der Waals surface area contributed by atoms with Crippen molar-refractivity contribution in [3.63, 3.8) is 0 Å². The van der Waals surface area contributed by atoms with Gasteiger partial charge >= 0.3 is 0 Å². The first kappa shape index (κ1) is 13.8. The van der Waals surface area contributed by atoms with Gasteiger partial charge in [-0.05, 0) is 37.5 Å². The Morgan fingerprint density at radius 2 is 1.81 bits per heavy atom. The van der Waals surface area contributed by atoms with Gasteiger partial charge in [0.05, 0.1) is 0 Å². The molecule has 0 spiro atoms. The molecule has 1 aliphatic carbocycles. The van der Waals surface area contributed by atoms with E-state index in [0.717, 1.165) is 28.6 Å². The number of benzene rings is 1. The zero-order valence-electron chi connectivity index (χ0n) is 12.3. The Balaban J connectivity index is 1.80. The van der Waals surface area contributed by atoms with Crippen LogP contribution in [0.3, 0.4) is 0 Å². The van der Waals surface area contributed by atoms with E-state index >= 15 is 0 Å². The molecule has 2 N–H and O–H groups in total. The summed E-state index contributed by atoms with van der Waals surface area (Å²) in [7, 11) is 1.87. The van der Waals surface area contributed by atoms with Gasteiger partial charge in [-0.25, -0.2) is 14.4 Å². The van der Waals surface area contributed by atoms with Crippen molar-refractivity contribution in [3.8, 4) is 0 Å². The number of nitrogens with zero attached hydrogens (tertiary/aromatic N) is 2. The van der Waals surface area contributed by atoms with E-state index in [1.165, 1.54) is 25.0 Å². The van der Waals surface area contributed by atoms with Gasteiger partial charge in [-0.2, -0.15) is 0 Å². The quantitative estimate of drug-likeness (QED) is 0.884. The largest absolute Gasteiger partial charge is 0.373 e. The van der Waals surface area contributed by atoms with Crippen LogP contribution in [-0.2, 0) is 6.54 Å². The van der Waals surface area contributed by atoms with Crippen molar-refractivity contribution in [2.75, 3.05) is 17.7 Å². The lowest BCUT2D eigenvalue weighted by atomic mass is 10.2. The molecule has 0 saturated heterocycles. The molecule has 0 aliphatic heterocycles. The molecule has 3 rings (SSSR count). The molecule has 110 valence electrons. The third kappa shape index (κ3) is 3.12. The summed E-state index contributed by atoms with van der Waals surface area (Å²) < 4.78 is 12.9. The molecular weight excluding hydrogens is 267 g/mol. The van der Waals surface area contributed by atoms with Crippen LogP contribution in [0.5, 0.6) is 0 Å². The molecule has 4 nitrogen and oxygen atoms in total. The fourth-order valence-corrected chi connectivity index (χ4v) is 2.26. The van der Waals surface area contributed by atoms with Crippen LogP contribution in [0.2, 0.25) is 0 Å². The lowest BCUT2D eigenvalue weighted by Gasteiger charge is -2.13. The maximum Gasteiger partial charge on any atom is 0.136 e. The van der Waals surface area contributed by atoms with Crippen LogP contribution in [0, 0.1) is 12.7 Å². The van der Waals surface area contributed by atoms with E-state index in [9.17, 15) is 4.39 Å². The number of nitrogens with one attached hydrogen (secondary N) is 2. The van der Waals surface area contributed by atoms with Gasteiger partial charge in [-0.1, -0.05) is 12.1 Å². The second-order valence-electron chi connectivity index (χ2n) is 5.41. The van der Waals surface area contributed by atoms with Crippen molar-refractivity contribution in [2.24, 2.45) is 0 Å². The third-order valence-corrected chi connectivity index (χ3v) is 3.72. The average molecular weight is 286 g/mol. The van der Waals surface area contributed by atoms with Crippen molar-refractivity contribution in [3.05, 3.63) is 47.0 Å². The maximum atomic E-state index is 12.9. The zero-order valence-corrected chi connectivity index (χ0v) is 12.3. The summed E-state index contributed by atoms with van der Waals surface area (Å²) in [6.07, 6.45) is 2.34. The van der Waals surface area contributed by atoms with Gasteiger partial charge in [0.2, 0.25) is 0 Å². The Hall–Kier alpha value is -2.17. The molecule has 0 radical (unpaired) electrons. The first-order valence-corrected chi connectivity index (χ1v) is 7.22. The fourth-order valence-electron chi connectivity index (χ4n) is 2.26. The number of rotatable bonds is 5. The summed E-state index contributed by atoms with van der Waals surface area (Å²) in [6.45, 7) is 2.61. The number of hydrogen-bond acceptors (Lipinski definition) is 4. The molecule has 0 unspecified atom stereocenters. The topological polar surface area (TPSA) is 49.8 Å². The van der Waals surface area contributed by atoms with Crippen LogP contribution >= 0.6 is 0 Å². The van der Waals surface area contributed by atoms with E-state index in [4.69, 9.17) is 0 Å². The minimum atomic E-state index is -0.217. The molecule has 0 amide bonds. The number of hydrogen-bond donors (Lipinski definition) is 2. The van der Waals surface area contributed by atoms with Crippen LogP contribution in [0.4, 0.5) is 16.0 Å². The van der Waals surface area contributed by atoms with Crippen molar-refractivity contribution in [1.82, 2.24) is 9.97 Å². The summed E-state index contributed by atoms with van der Waals surface area (Å²) in [4.78, 5) is 9.21. The van der Waals surface area contributed by atoms with Gasteiger partial charge in [0, 0.05) is 25.1 Å². The van der Waals surface area contributed by atoms with Crippen LogP contribution < -0.4 is 10.6 Å². The Labute approximate surface area is 123 Å². The summed E-state index contributed by atoms with van der Waals surface area (Å²) in [6, 6.07) is 6.50. The number of halogens is 1. The van der Waals surface area contributed by atoms with Gasteiger partial charge in [0.25, 0.3) is 0 Å². The smallest absolute Gasteiger partial charge is 0.136 e. The summed E-state index contributed by atoms with van der Waals surface area (Å²) in [5.41, 5.74) is 2.03.